The van der Waals surface area contributed by atoms with Gasteiger partial charge < -0.3 is 9.73 Å². The molecule has 0 aliphatic heterocycles. The second-order valence-electron chi connectivity index (χ2n) is 6.17. The largest absolute Gasteiger partial charge is 0.454 e. The van der Waals surface area contributed by atoms with E-state index in [1.54, 1.807) is 24.0 Å². The normalized spacial score (nSPS) is 14.5. The van der Waals surface area contributed by atoms with Crippen LogP contribution in [0.25, 0.3) is 28.5 Å². The molecule has 6 heteroatoms. The van der Waals surface area contributed by atoms with Gasteiger partial charge in [-0.1, -0.05) is 18.2 Å². The number of carbonyl (C=O) groups excluding carboxylic acids is 1. The maximum atomic E-state index is 12.2. The molecule has 3 aromatic rings. The van der Waals surface area contributed by atoms with E-state index >= 15 is 0 Å². The molecule has 2 heterocycles. The van der Waals surface area contributed by atoms with Crippen molar-refractivity contribution in [3.8, 4) is 17.5 Å². The third-order valence-electron chi connectivity index (χ3n) is 4.09. The van der Waals surface area contributed by atoms with Crippen molar-refractivity contribution in [2.45, 2.75) is 18.9 Å². The van der Waals surface area contributed by atoms with E-state index in [0.717, 1.165) is 23.8 Å². The van der Waals surface area contributed by atoms with E-state index in [1.165, 1.54) is 0 Å². The van der Waals surface area contributed by atoms with E-state index in [2.05, 4.69) is 10.4 Å². The van der Waals surface area contributed by atoms with Crippen molar-refractivity contribution in [1.29, 1.82) is 5.26 Å². The molecule has 1 N–H and O–H groups in total. The first-order valence-corrected chi connectivity index (χ1v) is 8.09. The predicted octanol–water partition coefficient (Wildman–Crippen LogP) is 3.02. The lowest BCUT2D eigenvalue weighted by molar-refractivity contribution is -0.117. The maximum Gasteiger partial charge on any atom is 0.262 e. The number of aryl methyl sites for hydroxylation is 1. The number of nitrogens with zero attached hydrogens (tertiary/aromatic N) is 3. The fraction of sp³-hybridized carbons (Fsp3) is 0.211. The molecule has 1 saturated carbocycles. The van der Waals surface area contributed by atoms with Crippen LogP contribution in [0.1, 0.15) is 18.4 Å². The minimum absolute atomic E-state index is 0.0669. The Morgan fingerprint density at radius 2 is 2.24 bits per heavy atom. The van der Waals surface area contributed by atoms with Crippen LogP contribution < -0.4 is 5.32 Å². The van der Waals surface area contributed by atoms with E-state index in [-0.39, 0.29) is 17.5 Å². The van der Waals surface area contributed by atoms with Crippen molar-refractivity contribution >= 4 is 23.0 Å². The van der Waals surface area contributed by atoms with Gasteiger partial charge in [-0.25, -0.2) is 0 Å². The molecular formula is C19H16N4O2. The van der Waals surface area contributed by atoms with Gasteiger partial charge in [0.05, 0.1) is 0 Å². The zero-order chi connectivity index (χ0) is 17.4. The van der Waals surface area contributed by atoms with E-state index < -0.39 is 0 Å². The van der Waals surface area contributed by atoms with Crippen LogP contribution in [0.15, 0.2) is 46.5 Å². The van der Waals surface area contributed by atoms with Gasteiger partial charge in [-0.05, 0) is 31.1 Å². The van der Waals surface area contributed by atoms with Crippen LogP contribution in [0.5, 0.6) is 0 Å². The summed E-state index contributed by atoms with van der Waals surface area (Å²) in [5.74, 6) is 0.261. The Balaban J connectivity index is 1.74. The van der Waals surface area contributed by atoms with Crippen LogP contribution in [0.3, 0.4) is 0 Å². The summed E-state index contributed by atoms with van der Waals surface area (Å²) < 4.78 is 7.51. The third-order valence-corrected chi connectivity index (χ3v) is 4.09. The number of hydrogen-bond acceptors (Lipinski definition) is 4. The van der Waals surface area contributed by atoms with Crippen LogP contribution in [-0.2, 0) is 11.8 Å². The second kappa shape index (κ2) is 5.95. The summed E-state index contributed by atoms with van der Waals surface area (Å²) in [5.41, 5.74) is 2.11. The number of fused-ring (bicyclic) bond motifs is 1. The van der Waals surface area contributed by atoms with Crippen molar-refractivity contribution in [1.82, 2.24) is 15.1 Å². The Hall–Kier alpha value is -3.33. The highest BCUT2D eigenvalue weighted by atomic mass is 16.3. The summed E-state index contributed by atoms with van der Waals surface area (Å²) in [6.45, 7) is 0. The van der Waals surface area contributed by atoms with Gasteiger partial charge in [0.2, 0.25) is 0 Å². The Bertz CT molecular complexity index is 998. The lowest BCUT2D eigenvalue weighted by atomic mass is 10.1. The summed E-state index contributed by atoms with van der Waals surface area (Å²) in [6.07, 6.45) is 5.28. The molecule has 1 amide bonds. The highest BCUT2D eigenvalue weighted by Crippen LogP contribution is 2.30. The number of nitrogens with one attached hydrogen (secondary N) is 1. The van der Waals surface area contributed by atoms with Crippen LogP contribution >= 0.6 is 0 Å². The van der Waals surface area contributed by atoms with Crippen LogP contribution in [0.2, 0.25) is 0 Å². The van der Waals surface area contributed by atoms with Crippen LogP contribution in [0, 0.1) is 11.3 Å². The molecule has 1 aliphatic rings. The molecule has 4 rings (SSSR count). The summed E-state index contributed by atoms with van der Waals surface area (Å²) in [5, 5.41) is 17.6. The molecule has 124 valence electrons. The molecule has 0 unspecified atom stereocenters. The van der Waals surface area contributed by atoms with Gasteiger partial charge in [-0.15, -0.1) is 0 Å². The first kappa shape index (κ1) is 15.2. The first-order valence-electron chi connectivity index (χ1n) is 8.09. The highest BCUT2D eigenvalue weighted by molar-refractivity contribution is 6.02. The van der Waals surface area contributed by atoms with E-state index in [4.69, 9.17) is 4.42 Å². The predicted molar refractivity (Wildman–Crippen MR) is 93.2 cm³/mol. The molecule has 0 atom stereocenters. The van der Waals surface area contributed by atoms with E-state index in [9.17, 15) is 10.1 Å². The molecule has 25 heavy (non-hydrogen) atoms. The third kappa shape index (κ3) is 3.04. The van der Waals surface area contributed by atoms with Gasteiger partial charge in [0.15, 0.2) is 5.76 Å². The number of amides is 1. The smallest absolute Gasteiger partial charge is 0.262 e. The van der Waals surface area contributed by atoms with Gasteiger partial charge in [-0.2, -0.15) is 10.4 Å². The van der Waals surface area contributed by atoms with Crippen molar-refractivity contribution in [2.24, 2.45) is 7.05 Å². The molecule has 2 aromatic heterocycles. The molecule has 0 bridgehead atoms. The van der Waals surface area contributed by atoms with Crippen LogP contribution in [-0.4, -0.2) is 21.7 Å². The molecule has 1 aromatic carbocycles. The SMILES string of the molecule is Cn1cc(/C=C(\C#N)C(=O)NC2CC2)c(-c2cc3ccccc3o2)n1. The standard InChI is InChI=1S/C19H16N4O2/c1-23-11-14(8-13(10-20)19(24)21-15-6-7-15)18(22-23)17-9-12-4-2-3-5-16(12)25-17/h2-5,8-9,11,15H,6-7H2,1H3,(H,21,24)/b13-8+. The molecular weight excluding hydrogens is 316 g/mol. The summed E-state index contributed by atoms with van der Waals surface area (Å²) >= 11 is 0. The van der Waals surface area contributed by atoms with Gasteiger partial charge in [-0.3, -0.25) is 9.48 Å². The van der Waals surface area contributed by atoms with Crippen molar-refractivity contribution < 1.29 is 9.21 Å². The average Bonchev–Trinajstić information content (AvgIpc) is 3.18. The molecule has 0 radical (unpaired) electrons. The van der Waals surface area contributed by atoms with Crippen molar-refractivity contribution in [2.75, 3.05) is 0 Å². The van der Waals surface area contributed by atoms with E-state index in [1.807, 2.05) is 36.4 Å². The zero-order valence-corrected chi connectivity index (χ0v) is 13.7. The second-order valence-corrected chi connectivity index (χ2v) is 6.17. The minimum atomic E-state index is -0.343. The Kier molecular flexibility index (Phi) is 3.62. The van der Waals surface area contributed by atoms with Gasteiger partial charge in [0, 0.05) is 30.2 Å². The highest BCUT2D eigenvalue weighted by Gasteiger charge is 2.25. The lowest BCUT2D eigenvalue weighted by Crippen LogP contribution is -2.26. The number of aromatic nitrogens is 2. The molecule has 0 spiro atoms. The topological polar surface area (TPSA) is 83.9 Å². The number of carbonyl (C=O) groups is 1. The summed E-state index contributed by atoms with van der Waals surface area (Å²) in [7, 11) is 1.79. The molecule has 0 saturated heterocycles. The Morgan fingerprint density at radius 3 is 2.96 bits per heavy atom. The summed E-state index contributed by atoms with van der Waals surface area (Å²) in [4.78, 5) is 12.2. The Labute approximate surface area is 144 Å². The number of para-hydroxylation sites is 1. The van der Waals surface area contributed by atoms with Crippen molar-refractivity contribution in [3.63, 3.8) is 0 Å². The zero-order valence-electron chi connectivity index (χ0n) is 13.7. The quantitative estimate of drug-likeness (QED) is 0.588. The number of hydrogen-bond donors (Lipinski definition) is 1. The molecule has 1 fully saturated rings. The average molecular weight is 332 g/mol. The number of benzene rings is 1. The number of nitriles is 1. The van der Waals surface area contributed by atoms with E-state index in [0.29, 0.717) is 17.0 Å². The number of furan rings is 1. The number of rotatable bonds is 4. The van der Waals surface area contributed by atoms with Crippen molar-refractivity contribution in [3.05, 3.63) is 47.7 Å². The fourth-order valence-corrected chi connectivity index (χ4v) is 2.70. The van der Waals surface area contributed by atoms with Gasteiger partial charge in [0.25, 0.3) is 5.91 Å². The minimum Gasteiger partial charge on any atom is -0.454 e. The fourth-order valence-electron chi connectivity index (χ4n) is 2.70. The van der Waals surface area contributed by atoms with Gasteiger partial charge >= 0.3 is 0 Å². The van der Waals surface area contributed by atoms with Crippen LogP contribution in [0.4, 0.5) is 0 Å². The molecule has 1 aliphatic carbocycles. The maximum absolute atomic E-state index is 12.2. The van der Waals surface area contributed by atoms with Gasteiger partial charge in [0.1, 0.15) is 22.9 Å². The first-order chi connectivity index (χ1) is 12.1. The summed E-state index contributed by atoms with van der Waals surface area (Å²) in [6, 6.07) is 11.8. The lowest BCUT2D eigenvalue weighted by Gasteiger charge is -2.01. The molecule has 6 nitrogen and oxygen atoms in total. The Morgan fingerprint density at radius 1 is 1.44 bits per heavy atom. The monoisotopic (exact) mass is 332 g/mol.